The molecular weight excluding hydrogens is 180 g/mol. The predicted octanol–water partition coefficient (Wildman–Crippen LogP) is 1.68. The molecule has 1 fully saturated rings. The molecule has 1 aliphatic heterocycles. The fourth-order valence-electron chi connectivity index (χ4n) is 1.46. The molecule has 2 nitrogen and oxygen atoms in total. The second-order valence-corrected chi connectivity index (χ2v) is 4.45. The molecule has 0 amide bonds. The second kappa shape index (κ2) is 4.63. The van der Waals surface area contributed by atoms with Crippen LogP contribution in [0, 0.1) is 0 Å². The quantitative estimate of drug-likeness (QED) is 0.792. The van der Waals surface area contributed by atoms with Gasteiger partial charge in [-0.1, -0.05) is 6.07 Å². The van der Waals surface area contributed by atoms with Gasteiger partial charge >= 0.3 is 0 Å². The first-order valence-corrected chi connectivity index (χ1v) is 5.80. The number of aromatic nitrogens is 1. The van der Waals surface area contributed by atoms with Crippen LogP contribution in [0.4, 0.5) is 0 Å². The van der Waals surface area contributed by atoms with E-state index in [1.165, 1.54) is 23.5 Å². The van der Waals surface area contributed by atoms with Crippen molar-refractivity contribution >= 4 is 11.8 Å². The molecule has 0 bridgehead atoms. The monoisotopic (exact) mass is 194 g/mol. The maximum Gasteiger partial charge on any atom is 0.0312 e. The summed E-state index contributed by atoms with van der Waals surface area (Å²) >= 11 is 2.04. The molecule has 1 aromatic rings. The van der Waals surface area contributed by atoms with Gasteiger partial charge in [-0.05, 0) is 23.8 Å². The molecule has 2 heterocycles. The number of nitrogens with zero attached hydrogens (tertiary/aromatic N) is 1. The Bertz CT molecular complexity index is 244. The van der Waals surface area contributed by atoms with E-state index in [0.717, 1.165) is 6.54 Å². The van der Waals surface area contributed by atoms with Crippen molar-refractivity contribution in [1.82, 2.24) is 10.3 Å². The molecule has 70 valence electrons. The first-order chi connectivity index (χ1) is 6.45. The second-order valence-electron chi connectivity index (χ2n) is 3.30. The number of pyridine rings is 1. The lowest BCUT2D eigenvalue weighted by Crippen LogP contribution is -2.27. The summed E-state index contributed by atoms with van der Waals surface area (Å²) in [6.45, 7) is 0.957. The van der Waals surface area contributed by atoms with Gasteiger partial charge in [0, 0.05) is 30.7 Å². The molecule has 1 saturated heterocycles. The minimum Gasteiger partial charge on any atom is -0.309 e. The molecule has 1 N–H and O–H groups in total. The van der Waals surface area contributed by atoms with E-state index in [1.807, 2.05) is 30.2 Å². The topological polar surface area (TPSA) is 24.9 Å². The third kappa shape index (κ3) is 2.71. The van der Waals surface area contributed by atoms with E-state index in [9.17, 15) is 0 Å². The summed E-state index contributed by atoms with van der Waals surface area (Å²) in [5, 5.41) is 3.54. The number of nitrogens with one attached hydrogen (secondary N) is 1. The van der Waals surface area contributed by atoms with Crippen LogP contribution in [0.5, 0.6) is 0 Å². The highest BCUT2D eigenvalue weighted by molar-refractivity contribution is 7.99. The summed E-state index contributed by atoms with van der Waals surface area (Å²) in [5.41, 5.74) is 1.28. The lowest BCUT2D eigenvalue weighted by Gasteiger charge is -2.10. The van der Waals surface area contributed by atoms with Gasteiger partial charge in [-0.25, -0.2) is 0 Å². The van der Waals surface area contributed by atoms with E-state index < -0.39 is 0 Å². The van der Waals surface area contributed by atoms with E-state index >= 15 is 0 Å². The largest absolute Gasteiger partial charge is 0.309 e. The molecule has 13 heavy (non-hydrogen) atoms. The van der Waals surface area contributed by atoms with Gasteiger partial charge in [0.25, 0.3) is 0 Å². The number of rotatable bonds is 3. The summed E-state index contributed by atoms with van der Waals surface area (Å²) in [6, 6.07) is 4.81. The Labute approximate surface area is 83.1 Å². The van der Waals surface area contributed by atoms with Crippen LogP contribution in [0.1, 0.15) is 12.0 Å². The van der Waals surface area contributed by atoms with Gasteiger partial charge in [0.1, 0.15) is 0 Å². The zero-order valence-electron chi connectivity index (χ0n) is 7.57. The Morgan fingerprint density at radius 2 is 2.62 bits per heavy atom. The fourth-order valence-corrected chi connectivity index (χ4v) is 2.65. The average Bonchev–Trinajstić information content (AvgIpc) is 2.69. The fraction of sp³-hybridized carbons (Fsp3) is 0.500. The third-order valence-corrected chi connectivity index (χ3v) is 3.41. The van der Waals surface area contributed by atoms with Crippen molar-refractivity contribution in [2.24, 2.45) is 0 Å². The molecule has 0 aromatic carbocycles. The van der Waals surface area contributed by atoms with Crippen LogP contribution < -0.4 is 5.32 Å². The zero-order chi connectivity index (χ0) is 8.93. The highest BCUT2D eigenvalue weighted by atomic mass is 32.2. The van der Waals surface area contributed by atoms with Crippen molar-refractivity contribution in [2.75, 3.05) is 11.5 Å². The van der Waals surface area contributed by atoms with E-state index in [1.54, 1.807) is 0 Å². The molecule has 1 unspecified atom stereocenters. The van der Waals surface area contributed by atoms with Crippen LogP contribution in [0.2, 0.25) is 0 Å². The Kier molecular flexibility index (Phi) is 3.22. The Morgan fingerprint density at radius 3 is 3.31 bits per heavy atom. The summed E-state index contributed by atoms with van der Waals surface area (Å²) in [5.74, 6) is 2.57. The zero-order valence-corrected chi connectivity index (χ0v) is 8.39. The van der Waals surface area contributed by atoms with Crippen LogP contribution in [-0.4, -0.2) is 22.5 Å². The maximum absolute atomic E-state index is 4.08. The molecule has 3 heteroatoms. The third-order valence-electron chi connectivity index (χ3n) is 2.25. The van der Waals surface area contributed by atoms with Crippen molar-refractivity contribution in [3.05, 3.63) is 30.1 Å². The number of hydrogen-bond donors (Lipinski definition) is 1. The predicted molar refractivity (Wildman–Crippen MR) is 56.8 cm³/mol. The standard InChI is InChI=1S/C10H14N2S/c1-2-9(6-11-4-1)7-12-10-3-5-13-8-10/h1-2,4,6,10,12H,3,5,7-8H2. The van der Waals surface area contributed by atoms with Gasteiger partial charge in [0.15, 0.2) is 0 Å². The molecule has 0 saturated carbocycles. The van der Waals surface area contributed by atoms with E-state index in [-0.39, 0.29) is 0 Å². The number of hydrogen-bond acceptors (Lipinski definition) is 3. The molecule has 0 radical (unpaired) electrons. The van der Waals surface area contributed by atoms with Gasteiger partial charge in [0.05, 0.1) is 0 Å². The smallest absolute Gasteiger partial charge is 0.0312 e. The van der Waals surface area contributed by atoms with E-state index in [4.69, 9.17) is 0 Å². The summed E-state index contributed by atoms with van der Waals surface area (Å²) < 4.78 is 0. The Balaban J connectivity index is 1.79. The van der Waals surface area contributed by atoms with Crippen molar-refractivity contribution in [3.8, 4) is 0 Å². The van der Waals surface area contributed by atoms with Gasteiger partial charge in [0.2, 0.25) is 0 Å². The molecule has 1 aliphatic rings. The highest BCUT2D eigenvalue weighted by Crippen LogP contribution is 2.17. The Hall–Kier alpha value is -0.540. The number of thioether (sulfide) groups is 1. The molecule has 2 rings (SSSR count). The van der Waals surface area contributed by atoms with Crippen LogP contribution in [0.3, 0.4) is 0 Å². The van der Waals surface area contributed by atoms with Crippen molar-refractivity contribution in [2.45, 2.75) is 19.0 Å². The van der Waals surface area contributed by atoms with Crippen LogP contribution in [0.15, 0.2) is 24.5 Å². The maximum atomic E-state index is 4.08. The van der Waals surface area contributed by atoms with Crippen molar-refractivity contribution < 1.29 is 0 Å². The molecule has 0 aliphatic carbocycles. The minimum absolute atomic E-state index is 0.713. The lowest BCUT2D eigenvalue weighted by molar-refractivity contribution is 0.557. The van der Waals surface area contributed by atoms with Crippen molar-refractivity contribution in [1.29, 1.82) is 0 Å². The van der Waals surface area contributed by atoms with Gasteiger partial charge in [-0.15, -0.1) is 0 Å². The van der Waals surface area contributed by atoms with Gasteiger partial charge < -0.3 is 5.32 Å². The first kappa shape index (κ1) is 9.03. The van der Waals surface area contributed by atoms with Crippen LogP contribution in [0.25, 0.3) is 0 Å². The molecule has 1 aromatic heterocycles. The molecule has 1 atom stereocenters. The first-order valence-electron chi connectivity index (χ1n) is 4.65. The molecular formula is C10H14N2S. The van der Waals surface area contributed by atoms with Gasteiger partial charge in [-0.2, -0.15) is 11.8 Å². The minimum atomic E-state index is 0.713. The SMILES string of the molecule is c1cncc(CNC2CCSC2)c1. The summed E-state index contributed by atoms with van der Waals surface area (Å²) in [6.07, 6.45) is 5.05. The summed E-state index contributed by atoms with van der Waals surface area (Å²) in [7, 11) is 0. The lowest BCUT2D eigenvalue weighted by atomic mass is 10.2. The summed E-state index contributed by atoms with van der Waals surface area (Å²) in [4.78, 5) is 4.08. The van der Waals surface area contributed by atoms with Gasteiger partial charge in [-0.3, -0.25) is 4.98 Å². The highest BCUT2D eigenvalue weighted by Gasteiger charge is 2.13. The normalized spacial score (nSPS) is 22.0. The van der Waals surface area contributed by atoms with Crippen LogP contribution in [-0.2, 0) is 6.54 Å². The van der Waals surface area contributed by atoms with Crippen molar-refractivity contribution in [3.63, 3.8) is 0 Å². The Morgan fingerprint density at radius 1 is 1.62 bits per heavy atom. The van der Waals surface area contributed by atoms with E-state index in [0.29, 0.717) is 6.04 Å². The van der Waals surface area contributed by atoms with E-state index in [2.05, 4.69) is 16.4 Å². The van der Waals surface area contributed by atoms with Crippen LogP contribution >= 0.6 is 11.8 Å². The average molecular weight is 194 g/mol. The molecule has 0 spiro atoms.